The maximum absolute atomic E-state index is 11.4. The van der Waals surface area contributed by atoms with Gasteiger partial charge < -0.3 is 29.6 Å². The van der Waals surface area contributed by atoms with Crippen molar-refractivity contribution in [1.82, 2.24) is 10.6 Å². The molecule has 0 aliphatic rings. The number of nitrogens with zero attached hydrogens (tertiary/aromatic N) is 1. The van der Waals surface area contributed by atoms with Crippen LogP contribution in [0.3, 0.4) is 0 Å². The largest absolute Gasteiger partial charge is 0.493 e. The van der Waals surface area contributed by atoms with E-state index in [0.29, 0.717) is 36.3 Å². The molecule has 0 radical (unpaired) electrons. The van der Waals surface area contributed by atoms with E-state index in [-0.39, 0.29) is 11.9 Å². The molecule has 0 amide bonds. The van der Waals surface area contributed by atoms with E-state index in [1.54, 1.807) is 35.3 Å². The molecule has 1 aromatic carbocycles. The number of nitrogens with one attached hydrogen (secondary N) is 2. The Labute approximate surface area is 148 Å². The zero-order valence-corrected chi connectivity index (χ0v) is 15.6. The number of hydrogen-bond donors (Lipinski definition) is 2. The number of hydrogen-bond acceptors (Lipinski definition) is 6. The molecule has 0 saturated heterocycles. The molecule has 2 N–H and O–H groups in total. The molecule has 140 valence electrons. The van der Waals surface area contributed by atoms with E-state index in [4.69, 9.17) is 18.9 Å². The van der Waals surface area contributed by atoms with Gasteiger partial charge in [0.05, 0.1) is 34.4 Å². The second-order valence-corrected chi connectivity index (χ2v) is 5.26. The molecule has 0 heterocycles. The summed E-state index contributed by atoms with van der Waals surface area (Å²) < 4.78 is 20.7. The average Bonchev–Trinajstić information content (AvgIpc) is 2.65. The van der Waals surface area contributed by atoms with Gasteiger partial charge in [-0.2, -0.15) is 0 Å². The maximum atomic E-state index is 11.4. The summed E-state index contributed by atoms with van der Waals surface area (Å²) in [6, 6.07) is 3.72. The first-order valence-corrected chi connectivity index (χ1v) is 7.81. The molecule has 0 bridgehead atoms. The van der Waals surface area contributed by atoms with E-state index >= 15 is 0 Å². The standard InChI is InChI=1S/C17H27N3O5/c1-11(16(21)25-6)9-19-17(18-2)20-10-12-7-13(22-3)15(24-5)14(8-12)23-4/h7-8,11H,9-10H2,1-6H3,(H2,18,19,20). The summed E-state index contributed by atoms with van der Waals surface area (Å²) in [7, 11) is 7.74. The van der Waals surface area contributed by atoms with Crippen LogP contribution in [-0.4, -0.2) is 54.0 Å². The number of esters is 1. The van der Waals surface area contributed by atoms with Gasteiger partial charge in [-0.05, 0) is 17.7 Å². The fourth-order valence-electron chi connectivity index (χ4n) is 2.18. The van der Waals surface area contributed by atoms with Gasteiger partial charge in [0.1, 0.15) is 0 Å². The Morgan fingerprint density at radius 2 is 1.68 bits per heavy atom. The third-order valence-corrected chi connectivity index (χ3v) is 3.59. The van der Waals surface area contributed by atoms with E-state index in [1.165, 1.54) is 7.11 Å². The summed E-state index contributed by atoms with van der Waals surface area (Å²) in [4.78, 5) is 15.6. The topological polar surface area (TPSA) is 90.4 Å². The molecule has 0 aliphatic heterocycles. The highest BCUT2D eigenvalue weighted by Gasteiger charge is 2.15. The van der Waals surface area contributed by atoms with Crippen LogP contribution in [0, 0.1) is 5.92 Å². The zero-order chi connectivity index (χ0) is 18.8. The first-order valence-electron chi connectivity index (χ1n) is 7.81. The monoisotopic (exact) mass is 353 g/mol. The Balaban J connectivity index is 2.74. The summed E-state index contributed by atoms with van der Waals surface area (Å²) >= 11 is 0. The van der Waals surface area contributed by atoms with Crippen LogP contribution in [-0.2, 0) is 16.1 Å². The van der Waals surface area contributed by atoms with Crippen LogP contribution in [0.2, 0.25) is 0 Å². The number of carbonyl (C=O) groups is 1. The van der Waals surface area contributed by atoms with Gasteiger partial charge in [-0.25, -0.2) is 0 Å². The molecule has 1 aromatic rings. The summed E-state index contributed by atoms with van der Waals surface area (Å²) in [6.45, 7) is 2.69. The summed E-state index contributed by atoms with van der Waals surface area (Å²) in [5.41, 5.74) is 0.929. The first-order chi connectivity index (χ1) is 12.0. The molecule has 0 spiro atoms. The van der Waals surface area contributed by atoms with Crippen LogP contribution in [0.5, 0.6) is 17.2 Å². The smallest absolute Gasteiger partial charge is 0.310 e. The molecule has 1 unspecified atom stereocenters. The molecule has 0 fully saturated rings. The number of ether oxygens (including phenoxy) is 4. The van der Waals surface area contributed by atoms with Crippen LogP contribution < -0.4 is 24.8 Å². The number of benzene rings is 1. The van der Waals surface area contributed by atoms with Crippen molar-refractivity contribution in [2.75, 3.05) is 42.0 Å². The zero-order valence-electron chi connectivity index (χ0n) is 15.6. The van der Waals surface area contributed by atoms with Crippen LogP contribution in [0.1, 0.15) is 12.5 Å². The Morgan fingerprint density at radius 3 is 2.12 bits per heavy atom. The molecule has 1 rings (SSSR count). The quantitative estimate of drug-likeness (QED) is 0.412. The minimum atomic E-state index is -0.273. The third kappa shape index (κ3) is 5.74. The number of methoxy groups -OCH3 is 4. The molecule has 25 heavy (non-hydrogen) atoms. The van der Waals surface area contributed by atoms with Gasteiger partial charge in [0.2, 0.25) is 5.75 Å². The summed E-state index contributed by atoms with van der Waals surface area (Å²) in [5.74, 6) is 1.74. The second-order valence-electron chi connectivity index (χ2n) is 5.26. The number of carbonyl (C=O) groups excluding carboxylic acids is 1. The summed E-state index contributed by atoms with van der Waals surface area (Å²) in [5, 5.41) is 6.26. The number of aliphatic imine (C=N–C) groups is 1. The predicted molar refractivity (Wildman–Crippen MR) is 95.5 cm³/mol. The van der Waals surface area contributed by atoms with Crippen LogP contribution in [0.15, 0.2) is 17.1 Å². The highest BCUT2D eigenvalue weighted by molar-refractivity contribution is 5.80. The highest BCUT2D eigenvalue weighted by atomic mass is 16.5. The van der Waals surface area contributed by atoms with Crippen LogP contribution >= 0.6 is 0 Å². The fourth-order valence-corrected chi connectivity index (χ4v) is 2.18. The van der Waals surface area contributed by atoms with Gasteiger partial charge >= 0.3 is 5.97 Å². The Morgan fingerprint density at radius 1 is 1.08 bits per heavy atom. The van der Waals surface area contributed by atoms with E-state index in [1.807, 2.05) is 12.1 Å². The van der Waals surface area contributed by atoms with E-state index in [2.05, 4.69) is 15.6 Å². The molecule has 0 saturated carbocycles. The molecular weight excluding hydrogens is 326 g/mol. The molecule has 0 aromatic heterocycles. The Bertz CT molecular complexity index is 579. The van der Waals surface area contributed by atoms with Gasteiger partial charge in [-0.1, -0.05) is 6.92 Å². The predicted octanol–water partition coefficient (Wildman–Crippen LogP) is 1.19. The van der Waals surface area contributed by atoms with Gasteiger partial charge in [-0.3, -0.25) is 9.79 Å². The normalized spacial score (nSPS) is 12.2. The van der Waals surface area contributed by atoms with Crippen molar-refractivity contribution in [3.05, 3.63) is 17.7 Å². The van der Waals surface area contributed by atoms with Crippen molar-refractivity contribution in [1.29, 1.82) is 0 Å². The lowest BCUT2D eigenvalue weighted by Gasteiger charge is -2.17. The minimum Gasteiger partial charge on any atom is -0.493 e. The SMILES string of the molecule is CN=C(NCc1cc(OC)c(OC)c(OC)c1)NCC(C)C(=O)OC. The van der Waals surface area contributed by atoms with E-state index in [0.717, 1.165) is 5.56 Å². The van der Waals surface area contributed by atoms with Crippen LogP contribution in [0.25, 0.3) is 0 Å². The molecule has 8 nitrogen and oxygen atoms in total. The van der Waals surface area contributed by atoms with Crippen molar-refractivity contribution >= 4 is 11.9 Å². The van der Waals surface area contributed by atoms with E-state index < -0.39 is 0 Å². The number of rotatable bonds is 8. The van der Waals surface area contributed by atoms with Crippen molar-refractivity contribution in [2.45, 2.75) is 13.5 Å². The number of guanidine groups is 1. The van der Waals surface area contributed by atoms with Gasteiger partial charge in [-0.15, -0.1) is 0 Å². The lowest BCUT2D eigenvalue weighted by atomic mass is 10.1. The van der Waals surface area contributed by atoms with E-state index in [9.17, 15) is 4.79 Å². The molecule has 8 heteroatoms. The van der Waals surface area contributed by atoms with Crippen LogP contribution in [0.4, 0.5) is 0 Å². The molecule has 0 aliphatic carbocycles. The van der Waals surface area contributed by atoms with Gasteiger partial charge in [0.15, 0.2) is 17.5 Å². The van der Waals surface area contributed by atoms with Crippen molar-refractivity contribution in [3.63, 3.8) is 0 Å². The van der Waals surface area contributed by atoms with Crippen molar-refractivity contribution in [2.24, 2.45) is 10.9 Å². The highest BCUT2D eigenvalue weighted by Crippen LogP contribution is 2.38. The van der Waals surface area contributed by atoms with Gasteiger partial charge in [0, 0.05) is 20.1 Å². The average molecular weight is 353 g/mol. The third-order valence-electron chi connectivity index (χ3n) is 3.59. The molecule has 1 atom stereocenters. The lowest BCUT2D eigenvalue weighted by molar-refractivity contribution is -0.144. The van der Waals surface area contributed by atoms with Crippen molar-refractivity contribution in [3.8, 4) is 17.2 Å². The minimum absolute atomic E-state index is 0.271. The first kappa shape index (κ1) is 20.4. The van der Waals surface area contributed by atoms with Crippen molar-refractivity contribution < 1.29 is 23.7 Å². The Hall–Kier alpha value is -2.64. The second kappa shape index (κ2) is 10.3. The Kier molecular flexibility index (Phi) is 8.38. The molecular formula is C17H27N3O5. The lowest BCUT2D eigenvalue weighted by Crippen LogP contribution is -2.40. The summed E-state index contributed by atoms with van der Waals surface area (Å²) in [6.07, 6.45) is 0. The fraction of sp³-hybridized carbons (Fsp3) is 0.529. The maximum Gasteiger partial charge on any atom is 0.310 e. The van der Waals surface area contributed by atoms with Gasteiger partial charge in [0.25, 0.3) is 0 Å².